The van der Waals surface area contributed by atoms with Gasteiger partial charge in [0, 0.05) is 46.0 Å². The molecule has 0 aromatic heterocycles. The van der Waals surface area contributed by atoms with E-state index in [1.54, 1.807) is 0 Å². The molecule has 1 aromatic carbocycles. The largest absolute Gasteiger partial charge is 0.349 e. The Hall–Kier alpha value is -1.55. The summed E-state index contributed by atoms with van der Waals surface area (Å²) in [5.41, 5.74) is 1.24. The highest BCUT2D eigenvalue weighted by molar-refractivity contribution is 5.96. The molecule has 0 spiro atoms. The van der Waals surface area contributed by atoms with E-state index >= 15 is 0 Å². The lowest BCUT2D eigenvalue weighted by molar-refractivity contribution is 0.222. The van der Waals surface area contributed by atoms with Gasteiger partial charge in [0.2, 0.25) is 5.96 Å². The Morgan fingerprint density at radius 3 is 1.96 bits per heavy atom. The molecule has 4 heteroatoms. The van der Waals surface area contributed by atoms with Crippen LogP contribution < -0.4 is 4.90 Å². The molecule has 0 amide bonds. The molecule has 1 aliphatic heterocycles. The van der Waals surface area contributed by atoms with Gasteiger partial charge in [0.1, 0.15) is 0 Å². The van der Waals surface area contributed by atoms with Crippen LogP contribution in [0.15, 0.2) is 35.3 Å². The minimum absolute atomic E-state index is 0.524. The van der Waals surface area contributed by atoms with Crippen LogP contribution in [0.5, 0.6) is 0 Å². The second-order valence-corrected chi connectivity index (χ2v) is 5.79. The molecule has 0 radical (unpaired) electrons. The van der Waals surface area contributed by atoms with Crippen LogP contribution in [0.4, 0.5) is 5.69 Å². The van der Waals surface area contributed by atoms with Gasteiger partial charge in [0.25, 0.3) is 0 Å². The van der Waals surface area contributed by atoms with Crippen molar-refractivity contribution in [1.82, 2.24) is 9.80 Å². The molecule has 0 atom stereocenters. The smallest absolute Gasteiger partial charge is 0.200 e. The second kappa shape index (κ2) is 13.7. The summed E-state index contributed by atoms with van der Waals surface area (Å²) in [6.07, 6.45) is 2.38. The van der Waals surface area contributed by atoms with Gasteiger partial charge in [-0.2, -0.15) is 0 Å². The summed E-state index contributed by atoms with van der Waals surface area (Å²) in [5.74, 6) is 1.04. The lowest BCUT2D eigenvalue weighted by Crippen LogP contribution is -2.51. The van der Waals surface area contributed by atoms with E-state index in [2.05, 4.69) is 71.0 Å². The number of piperidine rings is 1. The third kappa shape index (κ3) is 7.07. The molecule has 1 fully saturated rings. The average molecular weight is 349 g/mol. The quantitative estimate of drug-likeness (QED) is 0.590. The van der Waals surface area contributed by atoms with E-state index in [-0.39, 0.29) is 0 Å². The highest BCUT2D eigenvalue weighted by Gasteiger charge is 2.28. The third-order valence-corrected chi connectivity index (χ3v) is 4.22. The molecular formula is C21H40N4. The van der Waals surface area contributed by atoms with Gasteiger partial charge < -0.3 is 14.7 Å². The maximum absolute atomic E-state index is 4.53. The Balaban J connectivity index is 0.00000134. The average Bonchev–Trinajstić information content (AvgIpc) is 2.69. The summed E-state index contributed by atoms with van der Waals surface area (Å²) >= 11 is 0. The first-order chi connectivity index (χ1) is 12.2. The molecule has 0 bridgehead atoms. The summed E-state index contributed by atoms with van der Waals surface area (Å²) < 4.78 is 0. The van der Waals surface area contributed by atoms with E-state index in [9.17, 15) is 0 Å². The fourth-order valence-corrected chi connectivity index (χ4v) is 3.10. The van der Waals surface area contributed by atoms with Gasteiger partial charge in [-0.15, -0.1) is 0 Å². The molecule has 0 unspecified atom stereocenters. The highest BCUT2D eigenvalue weighted by Crippen LogP contribution is 2.24. The highest BCUT2D eigenvalue weighted by atomic mass is 15.4. The zero-order valence-corrected chi connectivity index (χ0v) is 17.8. The topological polar surface area (TPSA) is 22.1 Å². The zero-order chi connectivity index (χ0) is 19.2. The molecule has 0 saturated carbocycles. The van der Waals surface area contributed by atoms with Crippen molar-refractivity contribution in [2.24, 2.45) is 4.99 Å². The molecule has 2 rings (SSSR count). The predicted octanol–water partition coefficient (Wildman–Crippen LogP) is 4.58. The Morgan fingerprint density at radius 2 is 1.56 bits per heavy atom. The Labute approximate surface area is 156 Å². The fourth-order valence-electron chi connectivity index (χ4n) is 3.10. The normalized spacial score (nSPS) is 15.4. The number of hydrogen-bond donors (Lipinski definition) is 0. The molecule has 4 nitrogen and oxygen atoms in total. The van der Waals surface area contributed by atoms with Gasteiger partial charge >= 0.3 is 0 Å². The van der Waals surface area contributed by atoms with Crippen LogP contribution in [-0.4, -0.2) is 62.6 Å². The zero-order valence-electron chi connectivity index (χ0n) is 17.8. The lowest BCUT2D eigenvalue weighted by atomic mass is 10.0. The van der Waals surface area contributed by atoms with E-state index in [0.29, 0.717) is 6.04 Å². The monoisotopic (exact) mass is 348 g/mol. The van der Waals surface area contributed by atoms with Gasteiger partial charge in [-0.05, 0) is 31.5 Å². The van der Waals surface area contributed by atoms with Crippen LogP contribution in [0.25, 0.3) is 0 Å². The third-order valence-electron chi connectivity index (χ3n) is 4.22. The van der Waals surface area contributed by atoms with Crippen LogP contribution in [0.1, 0.15) is 47.5 Å². The molecular weight excluding hydrogens is 308 g/mol. The van der Waals surface area contributed by atoms with Crippen molar-refractivity contribution < 1.29 is 0 Å². The summed E-state index contributed by atoms with van der Waals surface area (Å²) in [4.78, 5) is 11.6. The van der Waals surface area contributed by atoms with Gasteiger partial charge in [-0.1, -0.05) is 52.8 Å². The van der Waals surface area contributed by atoms with Crippen molar-refractivity contribution in [1.29, 1.82) is 0 Å². The van der Waals surface area contributed by atoms with Crippen LogP contribution in [0.3, 0.4) is 0 Å². The van der Waals surface area contributed by atoms with Crippen LogP contribution in [0.2, 0.25) is 0 Å². The number of benzene rings is 1. The number of para-hydroxylation sites is 1. The van der Waals surface area contributed by atoms with Crippen LogP contribution in [0, 0.1) is 0 Å². The number of aliphatic imine (C=N–C) groups is 1. The lowest BCUT2D eigenvalue weighted by Gasteiger charge is -2.41. The number of anilines is 1. The number of guanidine groups is 1. The summed E-state index contributed by atoms with van der Waals surface area (Å²) in [7, 11) is 6.02. The maximum atomic E-state index is 4.53. The number of hydrogen-bond acceptors (Lipinski definition) is 2. The van der Waals surface area contributed by atoms with Crippen molar-refractivity contribution in [2.75, 3.05) is 45.7 Å². The van der Waals surface area contributed by atoms with E-state index in [1.807, 2.05) is 34.7 Å². The van der Waals surface area contributed by atoms with Crippen molar-refractivity contribution in [3.8, 4) is 0 Å². The van der Waals surface area contributed by atoms with Crippen molar-refractivity contribution in [2.45, 2.75) is 53.5 Å². The molecule has 1 heterocycles. The molecule has 1 aromatic rings. The Kier molecular flexibility index (Phi) is 12.9. The molecule has 25 heavy (non-hydrogen) atoms. The number of likely N-dealkylation sites (tertiary alicyclic amines) is 1. The van der Waals surface area contributed by atoms with E-state index in [0.717, 1.165) is 12.5 Å². The molecule has 1 saturated heterocycles. The van der Waals surface area contributed by atoms with E-state index in [4.69, 9.17) is 0 Å². The van der Waals surface area contributed by atoms with Crippen LogP contribution >= 0.6 is 0 Å². The van der Waals surface area contributed by atoms with Gasteiger partial charge in [0.05, 0.1) is 0 Å². The van der Waals surface area contributed by atoms with Gasteiger partial charge in [-0.25, -0.2) is 0 Å². The molecule has 0 N–H and O–H groups in total. The van der Waals surface area contributed by atoms with Crippen molar-refractivity contribution in [3.05, 3.63) is 30.3 Å². The summed E-state index contributed by atoms with van der Waals surface area (Å²) in [5, 5.41) is 0. The summed E-state index contributed by atoms with van der Waals surface area (Å²) in [6.45, 7) is 13.7. The minimum atomic E-state index is 0.524. The summed E-state index contributed by atoms with van der Waals surface area (Å²) in [6, 6.07) is 11.2. The first kappa shape index (κ1) is 23.4. The molecule has 144 valence electrons. The predicted molar refractivity (Wildman–Crippen MR) is 114 cm³/mol. The first-order valence-electron chi connectivity index (χ1n) is 9.88. The van der Waals surface area contributed by atoms with Gasteiger partial charge in [0.15, 0.2) is 0 Å². The van der Waals surface area contributed by atoms with E-state index < -0.39 is 0 Å². The minimum Gasteiger partial charge on any atom is -0.349 e. The van der Waals surface area contributed by atoms with Crippen molar-refractivity contribution in [3.63, 3.8) is 0 Å². The van der Waals surface area contributed by atoms with E-state index in [1.165, 1.54) is 31.6 Å². The Morgan fingerprint density at radius 1 is 1.04 bits per heavy atom. The fraction of sp³-hybridized carbons (Fsp3) is 0.667. The second-order valence-electron chi connectivity index (χ2n) is 5.79. The Bertz CT molecular complexity index is 448. The first-order valence-corrected chi connectivity index (χ1v) is 9.88. The maximum Gasteiger partial charge on any atom is 0.200 e. The molecule has 0 aliphatic carbocycles. The molecule has 1 aliphatic rings. The van der Waals surface area contributed by atoms with Crippen molar-refractivity contribution >= 4 is 11.6 Å². The van der Waals surface area contributed by atoms with Gasteiger partial charge in [-0.3, -0.25) is 4.99 Å². The number of nitrogens with zero attached hydrogens (tertiary/aromatic N) is 4. The SMILES string of the molecule is CC.CC.CCN1CCC(N(C(=NC)N(C)C)c2ccccc2)CC1. The van der Waals surface area contributed by atoms with Crippen LogP contribution in [-0.2, 0) is 0 Å². The standard InChI is InChI=1S/C17H28N4.2C2H6/c1-5-20-13-11-16(12-14-20)21(17(18-2)19(3)4)15-9-7-6-8-10-15;2*1-2/h6-10,16H,5,11-14H2,1-4H3;2*1-2H3. The number of rotatable bonds is 3.